The van der Waals surface area contributed by atoms with Crippen LogP contribution in [-0.2, 0) is 9.59 Å². The highest BCUT2D eigenvalue weighted by Crippen LogP contribution is 2.57. The van der Waals surface area contributed by atoms with E-state index in [1.165, 1.54) is 47.1 Å². The van der Waals surface area contributed by atoms with E-state index < -0.39 is 38.5 Å². The minimum atomic E-state index is -1.65. The van der Waals surface area contributed by atoms with Crippen molar-refractivity contribution in [3.05, 3.63) is 50.4 Å². The Morgan fingerprint density at radius 1 is 1.46 bits per heavy atom. The molecule has 2 aliphatic heterocycles. The molecule has 0 unspecified atom stereocenters. The van der Waals surface area contributed by atoms with Gasteiger partial charge in [-0.3, -0.25) is 19.9 Å². The zero-order valence-corrected chi connectivity index (χ0v) is 15.7. The van der Waals surface area contributed by atoms with Crippen molar-refractivity contribution < 1.29 is 19.6 Å². The van der Waals surface area contributed by atoms with Crippen molar-refractivity contribution in [1.29, 1.82) is 0 Å². The van der Waals surface area contributed by atoms with Crippen LogP contribution in [0.2, 0.25) is 0 Å². The van der Waals surface area contributed by atoms with Gasteiger partial charge >= 0.3 is 5.97 Å². The molecule has 11 nitrogen and oxygen atoms in total. The van der Waals surface area contributed by atoms with Crippen molar-refractivity contribution in [2.45, 2.75) is 35.5 Å². The molecule has 3 rings (SSSR count). The zero-order valence-electron chi connectivity index (χ0n) is 14.9. The van der Waals surface area contributed by atoms with Crippen LogP contribution in [0.4, 0.5) is 5.69 Å². The lowest BCUT2D eigenvalue weighted by Crippen LogP contribution is -2.73. The number of carbonyl (C=O) groups is 2. The first-order chi connectivity index (χ1) is 13.2. The lowest BCUT2D eigenvalue weighted by molar-refractivity contribution is -0.384. The Labute approximate surface area is 163 Å². The third-order valence-corrected chi connectivity index (χ3v) is 6.68. The lowest BCUT2D eigenvalue weighted by Gasteiger charge is -2.48. The van der Waals surface area contributed by atoms with E-state index in [9.17, 15) is 24.8 Å². The van der Waals surface area contributed by atoms with Crippen molar-refractivity contribution in [2.75, 3.05) is 6.54 Å². The quantitative estimate of drug-likeness (QED) is 0.145. The Kier molecular flexibility index (Phi) is 4.77. The molecule has 1 amide bonds. The summed E-state index contributed by atoms with van der Waals surface area (Å²) < 4.78 is -0.898. The van der Waals surface area contributed by atoms with Crippen LogP contribution in [-0.4, -0.2) is 61.3 Å². The maximum Gasteiger partial charge on any atom is 0.331 e. The predicted molar refractivity (Wildman–Crippen MR) is 101 cm³/mol. The van der Waals surface area contributed by atoms with Gasteiger partial charge in [-0.15, -0.1) is 11.8 Å². The smallest absolute Gasteiger partial charge is 0.331 e. The van der Waals surface area contributed by atoms with Crippen molar-refractivity contribution in [3.8, 4) is 0 Å². The van der Waals surface area contributed by atoms with Gasteiger partial charge < -0.3 is 10.0 Å². The number of hydrogen-bond acceptors (Lipinski definition) is 7. The summed E-state index contributed by atoms with van der Waals surface area (Å²) in [5, 5.41) is 23.5. The molecule has 0 saturated carbocycles. The SMILES string of the molecule is CC1(C)S[C@@H]2[C@@H](N=Cc3ccc([N+](=O)[O-])cc3)C(=O)N2[C@@]1(CN=[N+]=[N-])C(=O)O. The summed E-state index contributed by atoms with van der Waals surface area (Å²) in [6, 6.07) is 4.92. The monoisotopic (exact) mass is 404 g/mol. The van der Waals surface area contributed by atoms with Gasteiger partial charge in [0.2, 0.25) is 0 Å². The van der Waals surface area contributed by atoms with E-state index in [2.05, 4.69) is 15.0 Å². The predicted octanol–water partition coefficient (Wildman–Crippen LogP) is 2.21. The minimum Gasteiger partial charge on any atom is -0.479 e. The number of β-lactam (4-membered cyclic amide) rings is 1. The fourth-order valence-corrected chi connectivity index (χ4v) is 5.23. The van der Waals surface area contributed by atoms with Crippen molar-refractivity contribution in [2.24, 2.45) is 10.1 Å². The van der Waals surface area contributed by atoms with Crippen molar-refractivity contribution in [1.82, 2.24) is 4.90 Å². The standard InChI is InChI=1S/C16H16N6O5S/c1-15(2)16(14(24)25,8-19-20-17)21-12(23)11(13(21)28-15)18-7-9-3-5-10(6-4-9)22(26)27/h3-7,11,13H,8H2,1-2H3,(H,24,25)/t11-,13+,16-/m0/s1. The Balaban J connectivity index is 1.85. The van der Waals surface area contributed by atoms with Crippen molar-refractivity contribution in [3.63, 3.8) is 0 Å². The molecule has 1 aromatic rings. The number of carboxylic acid groups (broad SMARTS) is 1. The second kappa shape index (κ2) is 6.80. The van der Waals surface area contributed by atoms with Gasteiger partial charge in [0, 0.05) is 28.0 Å². The second-order valence-corrected chi connectivity index (χ2v) is 8.59. The molecule has 0 bridgehead atoms. The fourth-order valence-electron chi connectivity index (χ4n) is 3.48. The van der Waals surface area contributed by atoms with E-state index in [1.54, 1.807) is 13.8 Å². The van der Waals surface area contributed by atoms with Crippen LogP contribution in [0, 0.1) is 10.1 Å². The molecule has 2 heterocycles. The van der Waals surface area contributed by atoms with Gasteiger partial charge in [0.15, 0.2) is 11.6 Å². The summed E-state index contributed by atoms with van der Waals surface area (Å²) in [6.07, 6.45) is 1.44. The number of benzene rings is 1. The van der Waals surface area contributed by atoms with Crippen LogP contribution in [0.5, 0.6) is 0 Å². The summed E-state index contributed by atoms with van der Waals surface area (Å²) in [7, 11) is 0. The molecule has 0 spiro atoms. The van der Waals surface area contributed by atoms with Crippen LogP contribution < -0.4 is 0 Å². The summed E-state index contributed by atoms with van der Waals surface area (Å²) in [4.78, 5) is 43.1. The van der Waals surface area contributed by atoms with Crippen LogP contribution >= 0.6 is 11.8 Å². The molecule has 28 heavy (non-hydrogen) atoms. The first-order valence-corrected chi connectivity index (χ1v) is 9.06. The average Bonchev–Trinajstić information content (AvgIpc) is 2.85. The van der Waals surface area contributed by atoms with Gasteiger partial charge in [0.25, 0.3) is 11.6 Å². The van der Waals surface area contributed by atoms with Gasteiger partial charge in [-0.2, -0.15) is 0 Å². The number of aliphatic imine (C=N–C) groups is 1. The molecular weight excluding hydrogens is 388 g/mol. The molecular formula is C16H16N6O5S. The highest BCUT2D eigenvalue weighted by atomic mass is 32.2. The summed E-state index contributed by atoms with van der Waals surface area (Å²) in [5.74, 6) is -1.69. The average molecular weight is 404 g/mol. The van der Waals surface area contributed by atoms with E-state index in [0.717, 1.165) is 0 Å². The van der Waals surface area contributed by atoms with Crippen molar-refractivity contribution >= 4 is 35.5 Å². The maximum absolute atomic E-state index is 12.7. The summed E-state index contributed by atoms with van der Waals surface area (Å²) in [5.41, 5.74) is 7.51. The lowest BCUT2D eigenvalue weighted by atomic mass is 9.81. The molecule has 0 aromatic heterocycles. The number of nitrogens with zero attached hydrogens (tertiary/aromatic N) is 6. The van der Waals surface area contributed by atoms with Crippen LogP contribution in [0.3, 0.4) is 0 Å². The van der Waals surface area contributed by atoms with Gasteiger partial charge in [-0.1, -0.05) is 5.11 Å². The van der Waals surface area contributed by atoms with Crippen LogP contribution in [0.1, 0.15) is 19.4 Å². The number of rotatable bonds is 6. The molecule has 2 saturated heterocycles. The molecule has 2 aliphatic rings. The van der Waals surface area contributed by atoms with E-state index in [1.807, 2.05) is 0 Å². The Morgan fingerprint density at radius 3 is 2.64 bits per heavy atom. The number of amides is 1. The highest BCUT2D eigenvalue weighted by Gasteiger charge is 2.72. The van der Waals surface area contributed by atoms with Gasteiger partial charge in [0.1, 0.15) is 5.37 Å². The number of fused-ring (bicyclic) bond motifs is 1. The van der Waals surface area contributed by atoms with E-state index in [-0.39, 0.29) is 12.2 Å². The molecule has 3 atom stereocenters. The molecule has 0 aliphatic carbocycles. The largest absolute Gasteiger partial charge is 0.479 e. The Bertz CT molecular complexity index is 926. The van der Waals surface area contributed by atoms with E-state index >= 15 is 0 Å². The van der Waals surface area contributed by atoms with E-state index in [4.69, 9.17) is 5.53 Å². The van der Waals surface area contributed by atoms with E-state index in [0.29, 0.717) is 5.56 Å². The Morgan fingerprint density at radius 2 is 2.11 bits per heavy atom. The maximum atomic E-state index is 12.7. The number of azide groups is 1. The first-order valence-electron chi connectivity index (χ1n) is 8.18. The number of nitro groups is 1. The van der Waals surface area contributed by atoms with Gasteiger partial charge in [0.05, 0.1) is 11.5 Å². The van der Waals surface area contributed by atoms with Crippen LogP contribution in [0.15, 0.2) is 34.4 Å². The molecule has 1 N–H and O–H groups in total. The van der Waals surface area contributed by atoms with Gasteiger partial charge in [-0.25, -0.2) is 4.79 Å². The molecule has 12 heteroatoms. The Hall–Kier alpha value is -3.11. The third-order valence-electron chi connectivity index (χ3n) is 5.04. The highest BCUT2D eigenvalue weighted by molar-refractivity contribution is 8.01. The fraction of sp³-hybridized carbons (Fsp3) is 0.438. The number of non-ortho nitro benzene ring substituents is 1. The number of nitro benzene ring substituents is 1. The molecule has 1 aromatic carbocycles. The topological polar surface area (TPSA) is 162 Å². The first kappa shape index (κ1) is 19.6. The number of carbonyl (C=O) groups excluding carboxylic acids is 1. The molecule has 146 valence electrons. The summed E-state index contributed by atoms with van der Waals surface area (Å²) >= 11 is 1.29. The summed E-state index contributed by atoms with van der Waals surface area (Å²) in [6.45, 7) is 3.02. The zero-order chi connectivity index (χ0) is 20.7. The third kappa shape index (κ3) is 2.77. The number of aliphatic carboxylic acids is 1. The van der Waals surface area contributed by atoms with Crippen LogP contribution in [0.25, 0.3) is 10.4 Å². The normalized spacial score (nSPS) is 27.8. The second-order valence-electron chi connectivity index (χ2n) is 6.85. The van der Waals surface area contributed by atoms with Gasteiger partial charge in [-0.05, 0) is 37.1 Å². The number of thioether (sulfide) groups is 1. The number of hydrogen-bond donors (Lipinski definition) is 1. The molecule has 0 radical (unpaired) electrons. The number of carboxylic acids is 1. The molecule has 2 fully saturated rings. The minimum absolute atomic E-state index is 0.0552.